The average Bonchev–Trinajstić information content (AvgIpc) is 3.22. The normalized spacial score (nSPS) is 17.3. The Bertz CT molecular complexity index is 919. The SMILES string of the molecule is Cn1nc2nc(NCC3CCCO3)nc(-c3ccccc3Cl)c2c1N. The largest absolute Gasteiger partial charge is 0.383 e. The van der Waals surface area contributed by atoms with Gasteiger partial charge in [-0.3, -0.25) is 4.68 Å². The zero-order valence-corrected chi connectivity index (χ0v) is 14.6. The summed E-state index contributed by atoms with van der Waals surface area (Å²) in [5.41, 5.74) is 8.21. The highest BCUT2D eigenvalue weighted by Crippen LogP contribution is 2.34. The molecule has 0 aliphatic carbocycles. The van der Waals surface area contributed by atoms with Crippen LogP contribution < -0.4 is 11.1 Å². The highest BCUT2D eigenvalue weighted by atomic mass is 35.5. The van der Waals surface area contributed by atoms with E-state index in [-0.39, 0.29) is 6.10 Å². The minimum Gasteiger partial charge on any atom is -0.383 e. The molecule has 130 valence electrons. The maximum Gasteiger partial charge on any atom is 0.225 e. The van der Waals surface area contributed by atoms with Gasteiger partial charge in [0.1, 0.15) is 5.82 Å². The first kappa shape index (κ1) is 16.1. The van der Waals surface area contributed by atoms with Crippen molar-refractivity contribution in [1.82, 2.24) is 19.7 Å². The Labute approximate surface area is 150 Å². The number of ether oxygens (including phenoxy) is 1. The summed E-state index contributed by atoms with van der Waals surface area (Å²) in [7, 11) is 1.78. The van der Waals surface area contributed by atoms with Crippen molar-refractivity contribution in [3.63, 3.8) is 0 Å². The number of halogens is 1. The number of nitrogens with zero attached hydrogens (tertiary/aromatic N) is 4. The fraction of sp³-hybridized carbons (Fsp3) is 0.353. The summed E-state index contributed by atoms with van der Waals surface area (Å²) >= 11 is 6.38. The fourth-order valence-electron chi connectivity index (χ4n) is 3.05. The summed E-state index contributed by atoms with van der Waals surface area (Å²) in [5.74, 6) is 1.01. The summed E-state index contributed by atoms with van der Waals surface area (Å²) < 4.78 is 7.24. The highest BCUT2D eigenvalue weighted by molar-refractivity contribution is 6.33. The third-order valence-corrected chi connectivity index (χ3v) is 4.71. The number of nitrogens with two attached hydrogens (primary N) is 1. The first-order valence-electron chi connectivity index (χ1n) is 8.24. The van der Waals surface area contributed by atoms with Crippen LogP contribution >= 0.6 is 11.6 Å². The van der Waals surface area contributed by atoms with Crippen LogP contribution in [0.1, 0.15) is 12.8 Å². The molecule has 3 heterocycles. The fourth-order valence-corrected chi connectivity index (χ4v) is 3.28. The molecule has 0 radical (unpaired) electrons. The first-order chi connectivity index (χ1) is 12.1. The van der Waals surface area contributed by atoms with Crippen LogP contribution in [-0.2, 0) is 11.8 Å². The van der Waals surface area contributed by atoms with E-state index in [1.807, 2.05) is 24.3 Å². The summed E-state index contributed by atoms with van der Waals surface area (Å²) in [4.78, 5) is 9.17. The lowest BCUT2D eigenvalue weighted by molar-refractivity contribution is 0.120. The number of hydrogen-bond acceptors (Lipinski definition) is 6. The van der Waals surface area contributed by atoms with Gasteiger partial charge in [-0.05, 0) is 18.9 Å². The molecule has 0 amide bonds. The zero-order valence-electron chi connectivity index (χ0n) is 13.9. The van der Waals surface area contributed by atoms with Gasteiger partial charge in [-0.1, -0.05) is 29.8 Å². The lowest BCUT2D eigenvalue weighted by Gasteiger charge is -2.12. The van der Waals surface area contributed by atoms with Crippen molar-refractivity contribution in [2.24, 2.45) is 7.05 Å². The molecule has 1 atom stereocenters. The predicted molar refractivity (Wildman–Crippen MR) is 98.6 cm³/mol. The number of aryl methyl sites for hydroxylation is 1. The Morgan fingerprint density at radius 3 is 2.96 bits per heavy atom. The van der Waals surface area contributed by atoms with Crippen LogP contribution in [0.3, 0.4) is 0 Å². The third-order valence-electron chi connectivity index (χ3n) is 4.38. The van der Waals surface area contributed by atoms with Gasteiger partial charge in [0.05, 0.1) is 17.2 Å². The Hall–Kier alpha value is -2.38. The van der Waals surface area contributed by atoms with Crippen molar-refractivity contribution in [2.75, 3.05) is 24.2 Å². The topological polar surface area (TPSA) is 90.9 Å². The first-order valence-corrected chi connectivity index (χ1v) is 8.62. The summed E-state index contributed by atoms with van der Waals surface area (Å²) in [5, 5.41) is 8.97. The number of fused-ring (bicyclic) bond motifs is 1. The van der Waals surface area contributed by atoms with Crippen LogP contribution in [0, 0.1) is 0 Å². The van der Waals surface area contributed by atoms with Crippen molar-refractivity contribution < 1.29 is 4.74 Å². The van der Waals surface area contributed by atoms with Gasteiger partial charge in [-0.15, -0.1) is 0 Å². The molecule has 0 saturated carbocycles. The second-order valence-electron chi connectivity index (χ2n) is 6.10. The van der Waals surface area contributed by atoms with E-state index in [0.29, 0.717) is 40.1 Å². The summed E-state index contributed by atoms with van der Waals surface area (Å²) in [6, 6.07) is 7.55. The van der Waals surface area contributed by atoms with Crippen molar-refractivity contribution in [3.05, 3.63) is 29.3 Å². The Morgan fingerprint density at radius 2 is 2.20 bits per heavy atom. The maximum atomic E-state index is 6.38. The van der Waals surface area contributed by atoms with E-state index in [1.165, 1.54) is 0 Å². The number of nitrogen functional groups attached to an aromatic ring is 1. The van der Waals surface area contributed by atoms with Crippen LogP contribution in [0.25, 0.3) is 22.3 Å². The summed E-state index contributed by atoms with van der Waals surface area (Å²) in [6.07, 6.45) is 2.33. The van der Waals surface area contributed by atoms with E-state index in [2.05, 4.69) is 20.4 Å². The molecule has 2 aromatic heterocycles. The van der Waals surface area contributed by atoms with E-state index in [0.717, 1.165) is 25.0 Å². The monoisotopic (exact) mass is 358 g/mol. The van der Waals surface area contributed by atoms with Crippen molar-refractivity contribution in [3.8, 4) is 11.3 Å². The van der Waals surface area contributed by atoms with E-state index < -0.39 is 0 Å². The molecule has 1 unspecified atom stereocenters. The lowest BCUT2D eigenvalue weighted by atomic mass is 10.1. The molecule has 1 aliphatic rings. The molecule has 3 N–H and O–H groups in total. The van der Waals surface area contributed by atoms with Gasteiger partial charge in [0, 0.05) is 30.8 Å². The molecule has 3 aromatic rings. The molecule has 0 spiro atoms. The molecule has 1 aliphatic heterocycles. The van der Waals surface area contributed by atoms with Crippen LogP contribution in [0.15, 0.2) is 24.3 Å². The summed E-state index contributed by atoms with van der Waals surface area (Å²) in [6.45, 7) is 1.48. The Balaban J connectivity index is 1.79. The Kier molecular flexibility index (Phi) is 4.19. The van der Waals surface area contributed by atoms with Gasteiger partial charge in [0.25, 0.3) is 0 Å². The number of benzene rings is 1. The molecule has 1 fully saturated rings. The lowest BCUT2D eigenvalue weighted by Crippen LogP contribution is -2.19. The minimum absolute atomic E-state index is 0.192. The van der Waals surface area contributed by atoms with Gasteiger partial charge < -0.3 is 15.8 Å². The van der Waals surface area contributed by atoms with Crippen molar-refractivity contribution in [1.29, 1.82) is 0 Å². The molecular weight excluding hydrogens is 340 g/mol. The molecular formula is C17H19ClN6O. The predicted octanol–water partition coefficient (Wildman–Crippen LogP) is 2.86. The van der Waals surface area contributed by atoms with Gasteiger partial charge in [0.2, 0.25) is 5.95 Å². The van der Waals surface area contributed by atoms with Gasteiger partial charge in [-0.25, -0.2) is 4.98 Å². The highest BCUT2D eigenvalue weighted by Gasteiger charge is 2.20. The van der Waals surface area contributed by atoms with Gasteiger partial charge in [0.15, 0.2) is 5.65 Å². The molecule has 4 rings (SSSR count). The molecule has 1 saturated heterocycles. The Morgan fingerprint density at radius 1 is 1.36 bits per heavy atom. The average molecular weight is 359 g/mol. The smallest absolute Gasteiger partial charge is 0.225 e. The van der Waals surface area contributed by atoms with Crippen LogP contribution in [-0.4, -0.2) is 39.0 Å². The minimum atomic E-state index is 0.192. The van der Waals surface area contributed by atoms with Crippen LogP contribution in [0.5, 0.6) is 0 Å². The second-order valence-corrected chi connectivity index (χ2v) is 6.51. The standard InChI is InChI=1S/C17H19ClN6O/c1-24-15(19)13-14(11-6-2-3-7-12(11)18)21-17(22-16(13)23-24)20-9-10-5-4-8-25-10/h2-3,6-7,10H,4-5,8-9,19H2,1H3,(H,20,22,23). The molecule has 0 bridgehead atoms. The number of rotatable bonds is 4. The number of aromatic nitrogens is 4. The van der Waals surface area contributed by atoms with Gasteiger partial charge >= 0.3 is 0 Å². The van der Waals surface area contributed by atoms with E-state index in [4.69, 9.17) is 22.1 Å². The molecule has 25 heavy (non-hydrogen) atoms. The number of anilines is 2. The van der Waals surface area contributed by atoms with Crippen LogP contribution in [0.2, 0.25) is 5.02 Å². The molecule has 7 nitrogen and oxygen atoms in total. The molecule has 8 heteroatoms. The van der Waals surface area contributed by atoms with E-state index >= 15 is 0 Å². The third kappa shape index (κ3) is 3.01. The zero-order chi connectivity index (χ0) is 17.4. The van der Waals surface area contributed by atoms with E-state index in [9.17, 15) is 0 Å². The quantitative estimate of drug-likeness (QED) is 0.745. The number of hydrogen-bond donors (Lipinski definition) is 2. The molecule has 1 aromatic carbocycles. The number of nitrogens with one attached hydrogen (secondary N) is 1. The van der Waals surface area contributed by atoms with Crippen molar-refractivity contribution in [2.45, 2.75) is 18.9 Å². The maximum absolute atomic E-state index is 6.38. The van der Waals surface area contributed by atoms with Crippen molar-refractivity contribution >= 4 is 34.4 Å². The van der Waals surface area contributed by atoms with E-state index in [1.54, 1.807) is 11.7 Å². The van der Waals surface area contributed by atoms with Gasteiger partial charge in [-0.2, -0.15) is 10.1 Å². The second kappa shape index (κ2) is 6.50. The van der Waals surface area contributed by atoms with Crippen LogP contribution in [0.4, 0.5) is 11.8 Å².